The van der Waals surface area contributed by atoms with E-state index in [1.165, 1.54) is 11.1 Å². The summed E-state index contributed by atoms with van der Waals surface area (Å²) in [4.78, 5) is 2.39. The third-order valence-corrected chi connectivity index (χ3v) is 3.99. The lowest BCUT2D eigenvalue weighted by atomic mass is 9.89. The number of benzene rings is 1. The Kier molecular flexibility index (Phi) is 4.51. The minimum Gasteiger partial charge on any atom is -0.493 e. The van der Waals surface area contributed by atoms with Gasteiger partial charge in [0.15, 0.2) is 11.5 Å². The monoisotopic (exact) mass is 274 g/mol. The van der Waals surface area contributed by atoms with Crippen LogP contribution in [0.4, 0.5) is 0 Å². The topological polar surface area (TPSA) is 45.5 Å². The van der Waals surface area contributed by atoms with Gasteiger partial charge in [-0.3, -0.25) is 4.90 Å². The van der Waals surface area contributed by atoms with Gasteiger partial charge < -0.3 is 9.47 Å². The molecule has 1 aromatic carbocycles. The number of nitrogens with zero attached hydrogens (tertiary/aromatic N) is 2. The van der Waals surface area contributed by atoms with Crippen molar-refractivity contribution in [2.75, 3.05) is 20.8 Å². The molecule has 0 amide bonds. The minimum absolute atomic E-state index is 0.142. The van der Waals surface area contributed by atoms with E-state index in [-0.39, 0.29) is 6.04 Å². The van der Waals surface area contributed by atoms with Gasteiger partial charge in [0.1, 0.15) is 0 Å². The lowest BCUT2D eigenvalue weighted by Gasteiger charge is -2.39. The fourth-order valence-corrected chi connectivity index (χ4v) is 2.98. The summed E-state index contributed by atoms with van der Waals surface area (Å²) in [7, 11) is 3.30. The van der Waals surface area contributed by atoms with Crippen LogP contribution in [-0.2, 0) is 6.42 Å². The molecule has 4 nitrogen and oxygen atoms in total. The maximum absolute atomic E-state index is 9.14. The van der Waals surface area contributed by atoms with Crippen LogP contribution in [0.15, 0.2) is 12.1 Å². The second-order valence-corrected chi connectivity index (χ2v) is 5.37. The molecule has 0 saturated heterocycles. The van der Waals surface area contributed by atoms with E-state index >= 15 is 0 Å². The minimum atomic E-state index is 0.142. The van der Waals surface area contributed by atoms with Crippen molar-refractivity contribution in [3.05, 3.63) is 23.3 Å². The summed E-state index contributed by atoms with van der Waals surface area (Å²) in [5.41, 5.74) is 2.46. The number of nitriles is 1. The largest absolute Gasteiger partial charge is 0.493 e. The third-order valence-electron chi connectivity index (χ3n) is 3.99. The Bertz CT molecular complexity index is 520. The smallest absolute Gasteiger partial charge is 0.161 e. The molecule has 1 aliphatic heterocycles. The number of hydrogen-bond acceptors (Lipinski definition) is 4. The van der Waals surface area contributed by atoms with Gasteiger partial charge >= 0.3 is 0 Å². The van der Waals surface area contributed by atoms with Crippen molar-refractivity contribution in [1.82, 2.24) is 4.90 Å². The van der Waals surface area contributed by atoms with Crippen molar-refractivity contribution >= 4 is 0 Å². The van der Waals surface area contributed by atoms with Crippen molar-refractivity contribution in [2.45, 2.75) is 38.8 Å². The Hall–Kier alpha value is -1.73. The molecule has 0 saturated carbocycles. The van der Waals surface area contributed by atoms with Gasteiger partial charge in [-0.1, -0.05) is 0 Å². The standard InChI is InChI=1S/C16H22N2O2/c1-11(2)18-8-6-12-9-15(19-3)16(20-4)10-13(12)14(18)5-7-17/h9-11,14H,5-6,8H2,1-4H3. The molecule has 4 heteroatoms. The molecule has 1 aliphatic rings. The van der Waals surface area contributed by atoms with Gasteiger partial charge in [0, 0.05) is 18.6 Å². The molecule has 1 atom stereocenters. The SMILES string of the molecule is COc1cc2c(cc1OC)C(CC#N)N(C(C)C)CC2. The van der Waals surface area contributed by atoms with Crippen molar-refractivity contribution in [3.63, 3.8) is 0 Å². The molecular weight excluding hydrogens is 252 g/mol. The number of methoxy groups -OCH3 is 2. The second-order valence-electron chi connectivity index (χ2n) is 5.37. The molecule has 1 heterocycles. The van der Waals surface area contributed by atoms with Crippen LogP contribution < -0.4 is 9.47 Å². The predicted octanol–water partition coefficient (Wildman–Crippen LogP) is 2.93. The summed E-state index contributed by atoms with van der Waals surface area (Å²) in [5.74, 6) is 1.50. The molecular formula is C16H22N2O2. The van der Waals surface area contributed by atoms with E-state index in [4.69, 9.17) is 14.7 Å². The van der Waals surface area contributed by atoms with Gasteiger partial charge in [0.2, 0.25) is 0 Å². The summed E-state index contributed by atoms with van der Waals surface area (Å²) >= 11 is 0. The molecule has 0 aliphatic carbocycles. The van der Waals surface area contributed by atoms with Gasteiger partial charge in [0.25, 0.3) is 0 Å². The molecule has 0 N–H and O–H groups in total. The molecule has 20 heavy (non-hydrogen) atoms. The van der Waals surface area contributed by atoms with E-state index < -0.39 is 0 Å². The summed E-state index contributed by atoms with van der Waals surface area (Å²) in [5, 5.41) is 9.14. The van der Waals surface area contributed by atoms with Crippen LogP contribution in [-0.4, -0.2) is 31.7 Å². The normalized spacial score (nSPS) is 18.5. The average Bonchev–Trinajstić information content (AvgIpc) is 2.45. The van der Waals surface area contributed by atoms with Gasteiger partial charge in [-0.05, 0) is 43.5 Å². The predicted molar refractivity (Wildman–Crippen MR) is 78.1 cm³/mol. The zero-order chi connectivity index (χ0) is 14.7. The zero-order valence-electron chi connectivity index (χ0n) is 12.6. The first-order valence-electron chi connectivity index (χ1n) is 6.99. The lowest BCUT2D eigenvalue weighted by Crippen LogP contribution is -2.40. The van der Waals surface area contributed by atoms with Gasteiger partial charge in [-0.25, -0.2) is 0 Å². The van der Waals surface area contributed by atoms with E-state index in [2.05, 4.69) is 30.9 Å². The number of fused-ring (bicyclic) bond motifs is 1. The molecule has 2 rings (SSSR count). The first kappa shape index (κ1) is 14.7. The lowest BCUT2D eigenvalue weighted by molar-refractivity contribution is 0.144. The van der Waals surface area contributed by atoms with Crippen molar-refractivity contribution in [2.24, 2.45) is 0 Å². The first-order valence-corrected chi connectivity index (χ1v) is 6.99. The zero-order valence-corrected chi connectivity index (χ0v) is 12.6. The van der Waals surface area contributed by atoms with Crippen molar-refractivity contribution in [1.29, 1.82) is 5.26 Å². The summed E-state index contributed by atoms with van der Waals surface area (Å²) in [6.45, 7) is 5.33. The van der Waals surface area contributed by atoms with E-state index in [9.17, 15) is 0 Å². The summed E-state index contributed by atoms with van der Waals surface area (Å²) in [6, 6.07) is 6.97. The van der Waals surface area contributed by atoms with E-state index in [1.807, 2.05) is 6.07 Å². The van der Waals surface area contributed by atoms with Gasteiger partial charge in [0.05, 0.1) is 26.7 Å². The van der Waals surface area contributed by atoms with E-state index in [1.54, 1.807) is 14.2 Å². The number of ether oxygens (including phenoxy) is 2. The molecule has 0 bridgehead atoms. The highest BCUT2D eigenvalue weighted by Crippen LogP contribution is 2.39. The fourth-order valence-electron chi connectivity index (χ4n) is 2.98. The molecule has 108 valence electrons. The average molecular weight is 274 g/mol. The first-order chi connectivity index (χ1) is 9.62. The highest BCUT2D eigenvalue weighted by Gasteiger charge is 2.30. The van der Waals surface area contributed by atoms with Crippen LogP contribution in [0.25, 0.3) is 0 Å². The van der Waals surface area contributed by atoms with Crippen LogP contribution in [0, 0.1) is 11.3 Å². The summed E-state index contributed by atoms with van der Waals surface area (Å²) in [6.07, 6.45) is 1.48. The highest BCUT2D eigenvalue weighted by atomic mass is 16.5. The molecule has 1 unspecified atom stereocenters. The molecule has 0 aromatic heterocycles. The Morgan fingerprint density at radius 3 is 2.50 bits per heavy atom. The Labute approximate surface area is 120 Å². The van der Waals surface area contributed by atoms with Crippen molar-refractivity contribution < 1.29 is 9.47 Å². The molecule has 0 fully saturated rings. The Balaban J connectivity index is 2.48. The molecule has 0 radical (unpaired) electrons. The Morgan fingerprint density at radius 2 is 1.95 bits per heavy atom. The molecule has 0 spiro atoms. The van der Waals surface area contributed by atoms with E-state index in [0.29, 0.717) is 12.5 Å². The molecule has 1 aromatic rings. The van der Waals surface area contributed by atoms with Crippen molar-refractivity contribution in [3.8, 4) is 17.6 Å². The van der Waals surface area contributed by atoms with E-state index in [0.717, 1.165) is 24.5 Å². The van der Waals surface area contributed by atoms with Gasteiger partial charge in [-0.2, -0.15) is 5.26 Å². The third kappa shape index (κ3) is 2.59. The van der Waals surface area contributed by atoms with Crippen LogP contribution in [0.1, 0.15) is 37.4 Å². The number of rotatable bonds is 4. The van der Waals surface area contributed by atoms with Crippen LogP contribution in [0.3, 0.4) is 0 Å². The fraction of sp³-hybridized carbons (Fsp3) is 0.562. The maximum Gasteiger partial charge on any atom is 0.161 e. The van der Waals surface area contributed by atoms with Crippen LogP contribution in [0.5, 0.6) is 11.5 Å². The highest BCUT2D eigenvalue weighted by molar-refractivity contribution is 5.49. The van der Waals surface area contributed by atoms with Crippen LogP contribution >= 0.6 is 0 Å². The Morgan fingerprint density at radius 1 is 1.30 bits per heavy atom. The summed E-state index contributed by atoms with van der Waals surface area (Å²) < 4.78 is 10.8. The van der Waals surface area contributed by atoms with Crippen LogP contribution in [0.2, 0.25) is 0 Å². The number of hydrogen-bond donors (Lipinski definition) is 0. The quantitative estimate of drug-likeness (QED) is 0.847. The maximum atomic E-state index is 9.14. The van der Waals surface area contributed by atoms with Gasteiger partial charge in [-0.15, -0.1) is 0 Å². The second kappa shape index (κ2) is 6.15.